The number of para-hydroxylation sites is 1. The maximum absolute atomic E-state index is 11.8. The third-order valence-corrected chi connectivity index (χ3v) is 6.69. The molecule has 4 rings (SSSR count). The molecule has 11 nitrogen and oxygen atoms in total. The third-order valence-electron chi connectivity index (χ3n) is 4.95. The second kappa shape index (κ2) is 12.3. The van der Waals surface area contributed by atoms with Gasteiger partial charge in [-0.1, -0.05) is 53.6 Å². The Balaban J connectivity index is 1.61. The summed E-state index contributed by atoms with van der Waals surface area (Å²) in [7, 11) is -4.43. The molecule has 1 aromatic heterocycles. The first-order valence-corrected chi connectivity index (χ1v) is 13.3. The predicted molar refractivity (Wildman–Crippen MR) is 145 cm³/mol. The molecule has 14 heteroatoms. The molecule has 0 aliphatic rings. The smallest absolute Gasteiger partial charge is 0.295 e. The summed E-state index contributed by atoms with van der Waals surface area (Å²) in [5, 5.41) is 18.4. The fraction of sp³-hybridized carbons (Fsp3) is 0.0417. The number of hydrogen-bond acceptors (Lipinski definition) is 11. The molecule has 0 spiro atoms. The van der Waals surface area contributed by atoms with Gasteiger partial charge in [-0.05, 0) is 65.5 Å². The molecule has 1 heterocycles. The van der Waals surface area contributed by atoms with E-state index < -0.39 is 10.1 Å². The molecule has 0 aliphatic carbocycles. The molecule has 0 fully saturated rings. The highest BCUT2D eigenvalue weighted by Crippen LogP contribution is 2.30. The first-order chi connectivity index (χ1) is 18.2. The summed E-state index contributed by atoms with van der Waals surface area (Å²) in [5.41, 5.74) is 2.85. The molecule has 4 N–H and O–H groups in total. The second-order valence-electron chi connectivity index (χ2n) is 7.70. The number of nitrogens with one attached hydrogen (secondary N) is 2. The van der Waals surface area contributed by atoms with Crippen molar-refractivity contribution in [1.82, 2.24) is 15.0 Å². The Bertz CT molecular complexity index is 1570. The van der Waals surface area contributed by atoms with Crippen LogP contribution in [0.1, 0.15) is 16.7 Å². The van der Waals surface area contributed by atoms with Crippen molar-refractivity contribution in [2.45, 2.75) is 16.7 Å². The minimum Gasteiger partial charge on any atom is -0.324 e. The molecule has 0 bridgehead atoms. The second-order valence-corrected chi connectivity index (χ2v) is 10.2. The molecule has 0 atom stereocenters. The monoisotopic (exact) mass is 573 g/mol. The summed E-state index contributed by atoms with van der Waals surface area (Å²) in [6.45, 7) is 1.72. The summed E-state index contributed by atoms with van der Waals surface area (Å²) < 4.78 is 37.8. The molecule has 0 radical (unpaired) electrons. The molecule has 4 aromatic rings. The van der Waals surface area contributed by atoms with Gasteiger partial charge >= 0.3 is 0 Å². The highest BCUT2D eigenvalue weighted by molar-refractivity contribution is 7.94. The van der Waals surface area contributed by atoms with Crippen LogP contribution in [0.3, 0.4) is 0 Å². The van der Waals surface area contributed by atoms with Gasteiger partial charge in [-0.3, -0.25) is 4.55 Å². The van der Waals surface area contributed by atoms with Crippen molar-refractivity contribution >= 4 is 69.2 Å². The normalized spacial score (nSPS) is 11.6. The van der Waals surface area contributed by atoms with Crippen LogP contribution in [0, 0.1) is 6.92 Å². The van der Waals surface area contributed by atoms with Gasteiger partial charge in [0, 0.05) is 16.3 Å². The number of benzene rings is 3. The van der Waals surface area contributed by atoms with Crippen LogP contribution >= 0.6 is 23.6 Å². The lowest BCUT2D eigenvalue weighted by molar-refractivity contribution is -0.432. The fourth-order valence-corrected chi connectivity index (χ4v) is 4.74. The average Bonchev–Trinajstić information content (AvgIpc) is 2.87. The van der Waals surface area contributed by atoms with E-state index in [0.29, 0.717) is 33.8 Å². The van der Waals surface area contributed by atoms with Crippen LogP contribution in [-0.2, 0) is 19.5 Å². The summed E-state index contributed by atoms with van der Waals surface area (Å²) in [6.07, 6.45) is 3.15. The van der Waals surface area contributed by atoms with E-state index in [0.717, 1.165) is 5.69 Å². The van der Waals surface area contributed by atoms with Crippen LogP contribution in [0.15, 0.2) is 76.5 Å². The quantitative estimate of drug-likeness (QED) is 0.0563. The SMILES string of the molecule is Cc1ccc(C=Cc2ccc(Nc3nc(Cl)nc(Nc4ccccc4)n3)cc2SOOO)c(S(=O)(=O)O)c1. The van der Waals surface area contributed by atoms with Crippen LogP contribution in [0.4, 0.5) is 23.3 Å². The molecule has 3 aromatic carbocycles. The van der Waals surface area contributed by atoms with Crippen molar-refractivity contribution in [3.05, 3.63) is 88.7 Å². The zero-order valence-electron chi connectivity index (χ0n) is 19.6. The van der Waals surface area contributed by atoms with E-state index in [9.17, 15) is 13.0 Å². The van der Waals surface area contributed by atoms with E-state index in [-0.39, 0.29) is 27.6 Å². The Hall–Kier alpha value is -3.56. The van der Waals surface area contributed by atoms with E-state index in [1.807, 2.05) is 30.3 Å². The van der Waals surface area contributed by atoms with Crippen molar-refractivity contribution in [2.75, 3.05) is 10.6 Å². The molecule has 0 saturated carbocycles. The van der Waals surface area contributed by atoms with Gasteiger partial charge in [-0.25, -0.2) is 5.26 Å². The number of halogens is 1. The summed E-state index contributed by atoms with van der Waals surface area (Å²) in [4.78, 5) is 12.8. The lowest BCUT2D eigenvalue weighted by Crippen LogP contribution is -2.04. The molecule has 0 amide bonds. The zero-order valence-corrected chi connectivity index (χ0v) is 22.0. The molecular formula is C24H20ClN5O6S2. The average molecular weight is 574 g/mol. The number of aryl methyl sites for hydroxylation is 1. The maximum atomic E-state index is 11.8. The van der Waals surface area contributed by atoms with Crippen molar-refractivity contribution < 1.29 is 27.6 Å². The van der Waals surface area contributed by atoms with E-state index in [4.69, 9.17) is 16.9 Å². The number of hydrogen-bond donors (Lipinski definition) is 4. The van der Waals surface area contributed by atoms with E-state index in [1.54, 1.807) is 43.3 Å². The molecular weight excluding hydrogens is 554 g/mol. The molecule has 38 heavy (non-hydrogen) atoms. The van der Waals surface area contributed by atoms with Crippen LogP contribution in [-0.4, -0.2) is 33.2 Å². The van der Waals surface area contributed by atoms with Gasteiger partial charge in [0.05, 0.1) is 12.0 Å². The topological polar surface area (TPSA) is 156 Å². The van der Waals surface area contributed by atoms with Gasteiger partial charge in [-0.15, -0.1) is 4.33 Å². The highest BCUT2D eigenvalue weighted by atomic mass is 35.5. The number of aromatic nitrogens is 3. The predicted octanol–water partition coefficient (Wildman–Crippen LogP) is 6.17. The standard InChI is InChI=1S/C24H20ClN5O6S2/c1-15-7-8-17(21(13-15)38(32,33)34)10-9-16-11-12-19(14-20(16)37-36-35-31)27-24-29-22(25)28-23(30-24)26-18-5-3-2-4-6-18/h2-14,31H,1H3,(H,32,33,34)(H2,26,27,28,29,30). The first-order valence-electron chi connectivity index (χ1n) is 10.8. The minimum atomic E-state index is -4.43. The molecule has 0 aliphatic heterocycles. The van der Waals surface area contributed by atoms with Gasteiger partial charge in [0.1, 0.15) is 4.90 Å². The maximum Gasteiger partial charge on any atom is 0.295 e. The summed E-state index contributed by atoms with van der Waals surface area (Å²) in [6, 6.07) is 19.0. The molecule has 0 unspecified atom stereocenters. The third kappa shape index (κ3) is 7.49. The lowest BCUT2D eigenvalue weighted by Gasteiger charge is -2.11. The summed E-state index contributed by atoms with van der Waals surface area (Å²) in [5.74, 6) is 0.400. The van der Waals surface area contributed by atoms with Gasteiger partial charge in [0.25, 0.3) is 10.1 Å². The van der Waals surface area contributed by atoms with Gasteiger partial charge in [0.15, 0.2) is 0 Å². The Morgan fingerprint density at radius 1 is 0.895 bits per heavy atom. The lowest BCUT2D eigenvalue weighted by atomic mass is 10.1. The van der Waals surface area contributed by atoms with Crippen molar-refractivity contribution in [2.24, 2.45) is 0 Å². The Labute approximate surface area is 227 Å². The van der Waals surface area contributed by atoms with Crippen LogP contribution in [0.25, 0.3) is 12.2 Å². The molecule has 0 saturated heterocycles. The first kappa shape index (κ1) is 27.5. The fourth-order valence-electron chi connectivity index (χ4n) is 3.30. The summed E-state index contributed by atoms with van der Waals surface area (Å²) >= 11 is 6.79. The van der Waals surface area contributed by atoms with Gasteiger partial charge in [-0.2, -0.15) is 23.4 Å². The van der Waals surface area contributed by atoms with E-state index in [2.05, 4.69) is 35.0 Å². The minimum absolute atomic E-state index is 0.0279. The Morgan fingerprint density at radius 2 is 1.55 bits per heavy atom. The Kier molecular flexibility index (Phi) is 8.91. The van der Waals surface area contributed by atoms with Crippen LogP contribution in [0.2, 0.25) is 5.28 Å². The Morgan fingerprint density at radius 3 is 2.24 bits per heavy atom. The number of anilines is 4. The number of nitrogens with zero attached hydrogens (tertiary/aromatic N) is 3. The number of rotatable bonds is 10. The van der Waals surface area contributed by atoms with Gasteiger partial charge < -0.3 is 10.6 Å². The molecule has 196 valence electrons. The van der Waals surface area contributed by atoms with Crippen molar-refractivity contribution in [1.29, 1.82) is 0 Å². The van der Waals surface area contributed by atoms with Gasteiger partial charge in [0.2, 0.25) is 17.2 Å². The van der Waals surface area contributed by atoms with Crippen molar-refractivity contribution in [3.63, 3.8) is 0 Å². The highest BCUT2D eigenvalue weighted by Gasteiger charge is 2.14. The van der Waals surface area contributed by atoms with E-state index in [1.165, 1.54) is 12.1 Å². The largest absolute Gasteiger partial charge is 0.324 e. The van der Waals surface area contributed by atoms with Crippen LogP contribution < -0.4 is 10.6 Å². The van der Waals surface area contributed by atoms with Crippen LogP contribution in [0.5, 0.6) is 0 Å². The van der Waals surface area contributed by atoms with Crippen molar-refractivity contribution in [3.8, 4) is 0 Å². The van der Waals surface area contributed by atoms with E-state index >= 15 is 0 Å². The zero-order chi connectivity index (χ0) is 27.1.